The fourth-order valence-electron chi connectivity index (χ4n) is 2.85. The number of carbonyl (C=O) groups is 2. The van der Waals surface area contributed by atoms with Crippen LogP contribution in [0.15, 0.2) is 0 Å². The molecule has 8 nitrogen and oxygen atoms in total. The van der Waals surface area contributed by atoms with Crippen molar-refractivity contribution in [2.75, 3.05) is 26.4 Å². The van der Waals surface area contributed by atoms with Crippen LogP contribution in [0.3, 0.4) is 0 Å². The predicted octanol–water partition coefficient (Wildman–Crippen LogP) is 0.186. The first-order valence-electron chi connectivity index (χ1n) is 8.39. The summed E-state index contributed by atoms with van der Waals surface area (Å²) < 4.78 is 22.5. The van der Waals surface area contributed by atoms with Crippen molar-refractivity contribution in [3.8, 4) is 0 Å². The van der Waals surface area contributed by atoms with Crippen LogP contribution in [0.5, 0.6) is 0 Å². The molecule has 1 heterocycles. The first-order valence-corrected chi connectivity index (χ1v) is 8.39. The fraction of sp³-hybridized carbons (Fsp3) is 0.875. The molecule has 0 aromatic carbocycles. The summed E-state index contributed by atoms with van der Waals surface area (Å²) in [6.07, 6.45) is -0.606. The minimum absolute atomic E-state index is 0.0657. The maximum absolute atomic E-state index is 11.6. The molecule has 0 spiro atoms. The van der Waals surface area contributed by atoms with E-state index in [0.717, 1.165) is 6.42 Å². The van der Waals surface area contributed by atoms with Gasteiger partial charge in [-0.15, -0.1) is 0 Å². The second-order valence-corrected chi connectivity index (χ2v) is 5.88. The molecule has 0 aliphatic carbocycles. The second-order valence-electron chi connectivity index (χ2n) is 5.88. The fourth-order valence-corrected chi connectivity index (χ4v) is 2.85. The Morgan fingerprint density at radius 2 is 1.92 bits per heavy atom. The highest BCUT2D eigenvalue weighted by atomic mass is 16.7. The van der Waals surface area contributed by atoms with E-state index in [1.807, 2.05) is 13.8 Å². The summed E-state index contributed by atoms with van der Waals surface area (Å²) in [6.45, 7) is 8.25. The van der Waals surface area contributed by atoms with E-state index in [9.17, 15) is 9.59 Å². The molecule has 1 rings (SSSR count). The van der Waals surface area contributed by atoms with Crippen LogP contribution in [0.25, 0.3) is 0 Å². The van der Waals surface area contributed by atoms with E-state index in [2.05, 4.69) is 5.32 Å². The van der Waals surface area contributed by atoms with Gasteiger partial charge >= 0.3 is 5.97 Å². The number of esters is 1. The molecule has 1 saturated heterocycles. The summed E-state index contributed by atoms with van der Waals surface area (Å²) in [5.74, 6) is -0.705. The summed E-state index contributed by atoms with van der Waals surface area (Å²) in [4.78, 5) is 23.0. The number of rotatable bonds is 9. The highest BCUT2D eigenvalue weighted by Gasteiger charge is 2.46. The van der Waals surface area contributed by atoms with E-state index >= 15 is 0 Å². The number of hydrogen-bond acceptors (Lipinski definition) is 7. The Morgan fingerprint density at radius 3 is 2.46 bits per heavy atom. The maximum Gasteiger partial charge on any atom is 0.302 e. The Kier molecular flexibility index (Phi) is 9.20. The summed E-state index contributed by atoms with van der Waals surface area (Å²) >= 11 is 0. The molecule has 5 atom stereocenters. The zero-order chi connectivity index (χ0) is 18.1. The minimum Gasteiger partial charge on any atom is -0.460 e. The molecule has 1 fully saturated rings. The van der Waals surface area contributed by atoms with Gasteiger partial charge in [-0.1, -0.05) is 13.8 Å². The van der Waals surface area contributed by atoms with Crippen LogP contribution in [0, 0.1) is 5.92 Å². The minimum atomic E-state index is -0.708. The number of nitrogens with one attached hydrogen (secondary N) is 1. The maximum atomic E-state index is 11.6. The molecular formula is C16H30N2O6. The normalized spacial score (nSPS) is 30.0. The van der Waals surface area contributed by atoms with Crippen molar-refractivity contribution < 1.29 is 28.5 Å². The van der Waals surface area contributed by atoms with Gasteiger partial charge in [0.2, 0.25) is 5.91 Å². The van der Waals surface area contributed by atoms with Crippen LogP contribution in [0.1, 0.15) is 34.1 Å². The van der Waals surface area contributed by atoms with Gasteiger partial charge in [-0.3, -0.25) is 9.59 Å². The third-order valence-corrected chi connectivity index (χ3v) is 3.91. The lowest BCUT2D eigenvalue weighted by atomic mass is 9.87. The standard InChI is InChI=1S/C16H30N2O6/c1-5-13-10(2)15(23-12(4)20)14(18-11(3)19)16(24-13)22-9-8-21-7-6-17/h10,13-16H,5-9,17H2,1-4H3,(H,18,19)/t10-,13+,14+,15-,16+/m0/s1. The van der Waals surface area contributed by atoms with E-state index in [-0.39, 0.29) is 17.9 Å². The molecule has 0 bridgehead atoms. The SMILES string of the molecule is CC[C@H]1O[C@@H](OCCOCCN)[C@H](NC(C)=O)[C@@H](OC(C)=O)[C@H]1C. The van der Waals surface area contributed by atoms with Gasteiger partial charge in [-0.05, 0) is 6.42 Å². The Labute approximate surface area is 143 Å². The topological polar surface area (TPSA) is 109 Å². The molecule has 0 aromatic heterocycles. The van der Waals surface area contributed by atoms with Crippen LogP contribution < -0.4 is 11.1 Å². The highest BCUT2D eigenvalue weighted by molar-refractivity contribution is 5.73. The lowest BCUT2D eigenvalue weighted by molar-refractivity contribution is -0.255. The van der Waals surface area contributed by atoms with Gasteiger partial charge < -0.3 is 30.0 Å². The van der Waals surface area contributed by atoms with Crippen molar-refractivity contribution >= 4 is 11.9 Å². The predicted molar refractivity (Wildman–Crippen MR) is 87.1 cm³/mol. The van der Waals surface area contributed by atoms with Crippen molar-refractivity contribution in [1.82, 2.24) is 5.32 Å². The number of hydrogen-bond donors (Lipinski definition) is 2. The Bertz CT molecular complexity index is 406. The zero-order valence-electron chi connectivity index (χ0n) is 14.9. The van der Waals surface area contributed by atoms with Crippen LogP contribution in [0.2, 0.25) is 0 Å². The highest BCUT2D eigenvalue weighted by Crippen LogP contribution is 2.30. The monoisotopic (exact) mass is 346 g/mol. The molecular weight excluding hydrogens is 316 g/mol. The summed E-state index contributed by atoms with van der Waals surface area (Å²) in [5, 5.41) is 2.79. The van der Waals surface area contributed by atoms with Gasteiger partial charge in [0, 0.05) is 26.3 Å². The van der Waals surface area contributed by atoms with Gasteiger partial charge in [0.25, 0.3) is 0 Å². The van der Waals surface area contributed by atoms with Crippen molar-refractivity contribution in [1.29, 1.82) is 0 Å². The molecule has 0 radical (unpaired) electrons. The molecule has 1 aliphatic heterocycles. The second kappa shape index (κ2) is 10.6. The van der Waals surface area contributed by atoms with E-state index < -0.39 is 24.4 Å². The van der Waals surface area contributed by atoms with E-state index in [1.165, 1.54) is 13.8 Å². The first kappa shape index (κ1) is 20.8. The molecule has 1 aliphatic rings. The average molecular weight is 346 g/mol. The summed E-state index contributed by atoms with van der Waals surface area (Å²) in [5.41, 5.74) is 5.36. The first-order chi connectivity index (χ1) is 11.4. The Hall–Kier alpha value is -1.22. The van der Waals surface area contributed by atoms with Crippen LogP contribution in [-0.4, -0.2) is 62.8 Å². The van der Waals surface area contributed by atoms with Gasteiger partial charge in [-0.2, -0.15) is 0 Å². The lowest BCUT2D eigenvalue weighted by Gasteiger charge is -2.44. The van der Waals surface area contributed by atoms with E-state index in [1.54, 1.807) is 0 Å². The van der Waals surface area contributed by atoms with Gasteiger partial charge in [0.1, 0.15) is 12.1 Å². The van der Waals surface area contributed by atoms with Gasteiger partial charge in [0.05, 0.1) is 25.9 Å². The van der Waals surface area contributed by atoms with Crippen LogP contribution in [0.4, 0.5) is 0 Å². The third-order valence-electron chi connectivity index (χ3n) is 3.91. The quantitative estimate of drug-likeness (QED) is 0.453. The molecule has 0 unspecified atom stereocenters. The largest absolute Gasteiger partial charge is 0.460 e. The zero-order valence-corrected chi connectivity index (χ0v) is 14.9. The Balaban J connectivity index is 2.81. The molecule has 3 N–H and O–H groups in total. The van der Waals surface area contributed by atoms with Gasteiger partial charge in [-0.25, -0.2) is 0 Å². The lowest BCUT2D eigenvalue weighted by Crippen LogP contribution is -2.62. The molecule has 8 heteroatoms. The number of nitrogens with two attached hydrogens (primary N) is 1. The Morgan fingerprint density at radius 1 is 1.21 bits per heavy atom. The van der Waals surface area contributed by atoms with Crippen molar-refractivity contribution in [3.05, 3.63) is 0 Å². The van der Waals surface area contributed by atoms with Crippen LogP contribution >= 0.6 is 0 Å². The summed E-state index contributed by atoms with van der Waals surface area (Å²) in [7, 11) is 0. The molecule has 24 heavy (non-hydrogen) atoms. The number of carbonyl (C=O) groups excluding carboxylic acids is 2. The van der Waals surface area contributed by atoms with Crippen molar-refractivity contribution in [2.45, 2.75) is 58.7 Å². The van der Waals surface area contributed by atoms with Gasteiger partial charge in [0.15, 0.2) is 6.29 Å². The van der Waals surface area contributed by atoms with Crippen molar-refractivity contribution in [3.63, 3.8) is 0 Å². The van der Waals surface area contributed by atoms with Crippen molar-refractivity contribution in [2.24, 2.45) is 11.7 Å². The third kappa shape index (κ3) is 6.35. The summed E-state index contributed by atoms with van der Waals surface area (Å²) in [6, 6.07) is -0.571. The van der Waals surface area contributed by atoms with E-state index in [0.29, 0.717) is 26.4 Å². The molecule has 1 amide bonds. The average Bonchev–Trinajstić information content (AvgIpc) is 2.51. The number of ether oxygens (including phenoxy) is 4. The molecule has 0 saturated carbocycles. The van der Waals surface area contributed by atoms with Crippen LogP contribution in [-0.2, 0) is 28.5 Å². The number of amides is 1. The smallest absolute Gasteiger partial charge is 0.302 e. The molecule has 140 valence electrons. The van der Waals surface area contributed by atoms with E-state index in [4.69, 9.17) is 24.7 Å². The molecule has 0 aromatic rings.